The predicted octanol–water partition coefficient (Wildman–Crippen LogP) is 2.06. The van der Waals surface area contributed by atoms with Crippen molar-refractivity contribution < 1.29 is 9.53 Å². The van der Waals surface area contributed by atoms with Gasteiger partial charge in [-0.3, -0.25) is 9.69 Å². The summed E-state index contributed by atoms with van der Waals surface area (Å²) in [6.07, 6.45) is 0.496. The normalized spacial score (nSPS) is 15.8. The lowest BCUT2D eigenvalue weighted by atomic mass is 10.0. The third-order valence-electron chi connectivity index (χ3n) is 4.09. The molecule has 0 spiro atoms. The molecule has 2 rings (SSSR count). The van der Waals surface area contributed by atoms with Crippen LogP contribution in [-0.2, 0) is 9.53 Å². The van der Waals surface area contributed by atoms with Crippen LogP contribution in [0.4, 0.5) is 5.69 Å². The van der Waals surface area contributed by atoms with Gasteiger partial charge in [-0.15, -0.1) is 0 Å². The van der Waals surface area contributed by atoms with E-state index in [1.165, 1.54) is 5.56 Å². The van der Waals surface area contributed by atoms with Crippen molar-refractivity contribution in [2.45, 2.75) is 26.2 Å². The standard InChI is InChI=1S/C18H29N3O2/c1-15(2)16-5-3-4-6-17(16)20-18(22)7-8-19-9-10-21-11-13-23-14-12-21/h3-6,15,19H,7-14H2,1-2H3,(H,20,22). The van der Waals surface area contributed by atoms with E-state index in [9.17, 15) is 4.79 Å². The number of hydrogen-bond donors (Lipinski definition) is 2. The molecule has 1 aromatic rings. The molecule has 0 aromatic heterocycles. The molecule has 1 fully saturated rings. The first-order valence-corrected chi connectivity index (χ1v) is 8.56. The van der Waals surface area contributed by atoms with Crippen molar-refractivity contribution in [3.8, 4) is 0 Å². The van der Waals surface area contributed by atoms with Gasteiger partial charge in [0.05, 0.1) is 13.2 Å². The van der Waals surface area contributed by atoms with Gasteiger partial charge in [0.1, 0.15) is 0 Å². The molecule has 0 saturated carbocycles. The summed E-state index contributed by atoms with van der Waals surface area (Å²) in [5.41, 5.74) is 2.11. The van der Waals surface area contributed by atoms with Gasteiger partial charge < -0.3 is 15.4 Å². The van der Waals surface area contributed by atoms with E-state index in [0.717, 1.165) is 45.1 Å². The number of benzene rings is 1. The summed E-state index contributed by atoms with van der Waals surface area (Å²) in [6.45, 7) is 10.6. The summed E-state index contributed by atoms with van der Waals surface area (Å²) < 4.78 is 5.33. The van der Waals surface area contributed by atoms with Crippen molar-refractivity contribution in [2.24, 2.45) is 0 Å². The molecule has 23 heavy (non-hydrogen) atoms. The second-order valence-corrected chi connectivity index (χ2v) is 6.24. The molecular formula is C18H29N3O2. The third-order valence-corrected chi connectivity index (χ3v) is 4.09. The fourth-order valence-electron chi connectivity index (χ4n) is 2.72. The van der Waals surface area contributed by atoms with Gasteiger partial charge in [0, 0.05) is 44.8 Å². The van der Waals surface area contributed by atoms with Gasteiger partial charge in [-0.1, -0.05) is 32.0 Å². The molecule has 5 heteroatoms. The highest BCUT2D eigenvalue weighted by Crippen LogP contribution is 2.23. The van der Waals surface area contributed by atoms with Crippen LogP contribution in [0, 0.1) is 0 Å². The van der Waals surface area contributed by atoms with Crippen molar-refractivity contribution in [3.63, 3.8) is 0 Å². The van der Waals surface area contributed by atoms with E-state index >= 15 is 0 Å². The average molecular weight is 319 g/mol. The summed E-state index contributed by atoms with van der Waals surface area (Å²) in [5, 5.41) is 6.37. The molecular weight excluding hydrogens is 290 g/mol. The van der Waals surface area contributed by atoms with Crippen molar-refractivity contribution in [3.05, 3.63) is 29.8 Å². The number of para-hydroxylation sites is 1. The average Bonchev–Trinajstić information content (AvgIpc) is 2.56. The minimum atomic E-state index is 0.0666. The molecule has 0 bridgehead atoms. The number of anilines is 1. The van der Waals surface area contributed by atoms with E-state index in [0.29, 0.717) is 18.9 Å². The number of morpholine rings is 1. The number of amides is 1. The van der Waals surface area contributed by atoms with Gasteiger partial charge in [0.25, 0.3) is 0 Å². The highest BCUT2D eigenvalue weighted by molar-refractivity contribution is 5.91. The molecule has 2 N–H and O–H groups in total. The topological polar surface area (TPSA) is 53.6 Å². The van der Waals surface area contributed by atoms with Crippen LogP contribution in [0.3, 0.4) is 0 Å². The minimum Gasteiger partial charge on any atom is -0.379 e. The maximum absolute atomic E-state index is 12.1. The molecule has 0 unspecified atom stereocenters. The Labute approximate surface area is 139 Å². The van der Waals surface area contributed by atoms with Crippen molar-refractivity contribution in [1.29, 1.82) is 0 Å². The molecule has 1 aromatic carbocycles. The van der Waals surface area contributed by atoms with Crippen molar-refractivity contribution >= 4 is 11.6 Å². The molecule has 1 amide bonds. The number of nitrogens with zero attached hydrogens (tertiary/aromatic N) is 1. The molecule has 1 saturated heterocycles. The SMILES string of the molecule is CC(C)c1ccccc1NC(=O)CCNCCN1CCOCC1. The number of rotatable bonds is 8. The van der Waals surface area contributed by atoms with Gasteiger partial charge in [-0.2, -0.15) is 0 Å². The van der Waals surface area contributed by atoms with Crippen LogP contribution in [0.1, 0.15) is 31.7 Å². The second kappa shape index (κ2) is 9.65. The first-order chi connectivity index (χ1) is 11.2. The van der Waals surface area contributed by atoms with E-state index in [1.807, 2.05) is 18.2 Å². The Kier molecular flexibility index (Phi) is 7.52. The summed E-state index contributed by atoms with van der Waals surface area (Å²) >= 11 is 0. The first kappa shape index (κ1) is 17.9. The summed E-state index contributed by atoms with van der Waals surface area (Å²) in [4.78, 5) is 14.5. The summed E-state index contributed by atoms with van der Waals surface area (Å²) in [6, 6.07) is 8.01. The van der Waals surface area contributed by atoms with Crippen LogP contribution in [0.5, 0.6) is 0 Å². The number of nitrogens with one attached hydrogen (secondary N) is 2. The van der Waals surface area contributed by atoms with Gasteiger partial charge >= 0.3 is 0 Å². The Morgan fingerprint density at radius 3 is 2.70 bits per heavy atom. The van der Waals surface area contributed by atoms with Crippen molar-refractivity contribution in [2.75, 3.05) is 51.3 Å². The lowest BCUT2D eigenvalue weighted by molar-refractivity contribution is -0.116. The number of ether oxygens (including phenoxy) is 1. The Bertz CT molecular complexity index is 485. The highest BCUT2D eigenvalue weighted by atomic mass is 16.5. The lowest BCUT2D eigenvalue weighted by Gasteiger charge is -2.26. The monoisotopic (exact) mass is 319 g/mol. The molecule has 1 aliphatic rings. The lowest BCUT2D eigenvalue weighted by Crippen LogP contribution is -2.40. The Balaban J connectivity index is 1.63. The number of carbonyl (C=O) groups excluding carboxylic acids is 1. The van der Waals surface area contributed by atoms with Gasteiger partial charge in [0.15, 0.2) is 0 Å². The zero-order chi connectivity index (χ0) is 16.5. The second-order valence-electron chi connectivity index (χ2n) is 6.24. The van der Waals surface area contributed by atoms with E-state index < -0.39 is 0 Å². The van der Waals surface area contributed by atoms with Crippen LogP contribution in [-0.4, -0.2) is 56.7 Å². The summed E-state index contributed by atoms with van der Waals surface area (Å²) in [7, 11) is 0. The van der Waals surface area contributed by atoms with Crippen molar-refractivity contribution in [1.82, 2.24) is 10.2 Å². The van der Waals surface area contributed by atoms with Gasteiger partial charge in [-0.25, -0.2) is 0 Å². The highest BCUT2D eigenvalue weighted by Gasteiger charge is 2.10. The maximum Gasteiger partial charge on any atom is 0.225 e. The van der Waals surface area contributed by atoms with Crippen LogP contribution >= 0.6 is 0 Å². The Morgan fingerprint density at radius 2 is 1.96 bits per heavy atom. The van der Waals surface area contributed by atoms with E-state index in [1.54, 1.807) is 0 Å². The van der Waals surface area contributed by atoms with Crippen LogP contribution in [0.25, 0.3) is 0 Å². The smallest absolute Gasteiger partial charge is 0.225 e. The Hall–Kier alpha value is -1.43. The Morgan fingerprint density at radius 1 is 1.22 bits per heavy atom. The zero-order valence-electron chi connectivity index (χ0n) is 14.3. The van der Waals surface area contributed by atoms with Gasteiger partial charge in [0.2, 0.25) is 5.91 Å². The molecule has 0 radical (unpaired) electrons. The number of carbonyl (C=O) groups is 1. The molecule has 0 atom stereocenters. The molecule has 5 nitrogen and oxygen atoms in total. The van der Waals surface area contributed by atoms with E-state index in [4.69, 9.17) is 4.74 Å². The fraction of sp³-hybridized carbons (Fsp3) is 0.611. The number of hydrogen-bond acceptors (Lipinski definition) is 4. The molecule has 1 heterocycles. The largest absolute Gasteiger partial charge is 0.379 e. The van der Waals surface area contributed by atoms with Crippen LogP contribution in [0.15, 0.2) is 24.3 Å². The van der Waals surface area contributed by atoms with E-state index in [-0.39, 0.29) is 5.91 Å². The van der Waals surface area contributed by atoms with Crippen LogP contribution < -0.4 is 10.6 Å². The predicted molar refractivity (Wildman–Crippen MR) is 93.9 cm³/mol. The quantitative estimate of drug-likeness (QED) is 0.720. The van der Waals surface area contributed by atoms with Crippen LogP contribution in [0.2, 0.25) is 0 Å². The molecule has 1 aliphatic heterocycles. The summed E-state index contributed by atoms with van der Waals surface area (Å²) in [5.74, 6) is 0.468. The fourth-order valence-corrected chi connectivity index (χ4v) is 2.72. The third kappa shape index (κ3) is 6.29. The van der Waals surface area contributed by atoms with E-state index in [2.05, 4.69) is 35.4 Å². The molecule has 128 valence electrons. The minimum absolute atomic E-state index is 0.0666. The first-order valence-electron chi connectivity index (χ1n) is 8.56. The van der Waals surface area contributed by atoms with Gasteiger partial charge in [-0.05, 0) is 17.5 Å². The maximum atomic E-state index is 12.1. The molecule has 0 aliphatic carbocycles. The zero-order valence-corrected chi connectivity index (χ0v) is 14.3.